The highest BCUT2D eigenvalue weighted by Gasteiger charge is 2.05. The lowest BCUT2D eigenvalue weighted by Crippen LogP contribution is -2.11. The van der Waals surface area contributed by atoms with Gasteiger partial charge in [-0.25, -0.2) is 9.97 Å². The van der Waals surface area contributed by atoms with Gasteiger partial charge in [0.2, 0.25) is 0 Å². The lowest BCUT2D eigenvalue weighted by Gasteiger charge is -2.07. The number of carbonyl (C=O) groups is 2. The van der Waals surface area contributed by atoms with E-state index < -0.39 is 0 Å². The number of hydrogen-bond acceptors (Lipinski definition) is 9. The summed E-state index contributed by atoms with van der Waals surface area (Å²) in [6.07, 6.45) is 1.60. The maximum absolute atomic E-state index is 11.5. The van der Waals surface area contributed by atoms with Crippen LogP contribution in [0, 0.1) is 0 Å². The third-order valence-electron chi connectivity index (χ3n) is 5.30. The van der Waals surface area contributed by atoms with Crippen molar-refractivity contribution in [1.29, 1.82) is 0 Å². The lowest BCUT2D eigenvalue weighted by molar-refractivity contribution is 0.0143. The van der Waals surface area contributed by atoms with Gasteiger partial charge in [-0.2, -0.15) is 0 Å². The second kappa shape index (κ2) is 17.3. The Balaban J connectivity index is 1.44. The second-order valence-electron chi connectivity index (χ2n) is 8.41. The van der Waals surface area contributed by atoms with Gasteiger partial charge in [0, 0.05) is 40.2 Å². The van der Waals surface area contributed by atoms with Crippen LogP contribution in [0.25, 0.3) is 0 Å². The Bertz CT molecular complexity index is 985. The van der Waals surface area contributed by atoms with Gasteiger partial charge in [-0.05, 0) is 51.0 Å². The fraction of sp³-hybridized carbons (Fsp3) is 0.500. The summed E-state index contributed by atoms with van der Waals surface area (Å²) in [4.78, 5) is 40.6. The molecule has 2 heterocycles. The van der Waals surface area contributed by atoms with Gasteiger partial charge in [0.1, 0.15) is 11.4 Å². The minimum absolute atomic E-state index is 0.0549. The van der Waals surface area contributed by atoms with E-state index >= 15 is 0 Å². The minimum Gasteiger partial charge on any atom is -0.379 e. The highest BCUT2D eigenvalue weighted by Crippen LogP contribution is 2.04. The maximum atomic E-state index is 11.5. The van der Waals surface area contributed by atoms with Crippen molar-refractivity contribution in [3.8, 4) is 0 Å². The van der Waals surface area contributed by atoms with E-state index in [9.17, 15) is 9.59 Å². The van der Waals surface area contributed by atoms with Crippen LogP contribution < -0.4 is 0 Å². The molecular weight excluding hydrogens is 472 g/mol. The van der Waals surface area contributed by atoms with E-state index in [0.717, 1.165) is 35.7 Å². The summed E-state index contributed by atoms with van der Waals surface area (Å²) in [5.41, 5.74) is 3.97. The van der Waals surface area contributed by atoms with Crippen LogP contribution in [0.3, 0.4) is 0 Å². The van der Waals surface area contributed by atoms with Gasteiger partial charge >= 0.3 is 0 Å². The van der Waals surface area contributed by atoms with Gasteiger partial charge in [-0.1, -0.05) is 12.1 Å². The van der Waals surface area contributed by atoms with Crippen molar-refractivity contribution in [2.45, 2.75) is 40.5 Å². The van der Waals surface area contributed by atoms with Crippen molar-refractivity contribution >= 4 is 23.0 Å². The van der Waals surface area contributed by atoms with Gasteiger partial charge in [-0.15, -0.1) is 0 Å². The average molecular weight is 511 g/mol. The molecule has 9 nitrogen and oxygen atoms in total. The van der Waals surface area contributed by atoms with Gasteiger partial charge in [0.15, 0.2) is 11.6 Å². The molecule has 0 atom stereocenters. The summed E-state index contributed by atoms with van der Waals surface area (Å²) in [7, 11) is 0. The Morgan fingerprint density at radius 3 is 1.32 bits per heavy atom. The Kier molecular flexibility index (Phi) is 14.1. The quantitative estimate of drug-likeness (QED) is 0.169. The molecule has 0 aliphatic carbocycles. The van der Waals surface area contributed by atoms with Gasteiger partial charge < -0.3 is 14.2 Å². The number of aromatic nitrogens is 2. The molecule has 2 rings (SSSR count). The zero-order chi connectivity index (χ0) is 26.9. The first-order valence-corrected chi connectivity index (χ1v) is 12.6. The first-order chi connectivity index (χ1) is 17.9. The fourth-order valence-corrected chi connectivity index (χ4v) is 3.20. The summed E-state index contributed by atoms with van der Waals surface area (Å²) < 4.78 is 16.7. The van der Waals surface area contributed by atoms with Crippen LogP contribution in [0.15, 0.2) is 46.4 Å². The molecule has 0 fully saturated rings. The third-order valence-corrected chi connectivity index (χ3v) is 5.30. The van der Waals surface area contributed by atoms with E-state index in [1.54, 1.807) is 12.1 Å². The molecule has 0 unspecified atom stereocenters. The molecule has 0 aromatic carbocycles. The Morgan fingerprint density at radius 2 is 0.946 bits per heavy atom. The predicted molar refractivity (Wildman–Crippen MR) is 144 cm³/mol. The van der Waals surface area contributed by atoms with Crippen LogP contribution in [0.2, 0.25) is 0 Å². The summed E-state index contributed by atoms with van der Waals surface area (Å²) in [5.74, 6) is -0.110. The average Bonchev–Trinajstić information content (AvgIpc) is 2.90. The molecule has 2 aromatic heterocycles. The van der Waals surface area contributed by atoms with Gasteiger partial charge in [-0.3, -0.25) is 19.6 Å². The van der Waals surface area contributed by atoms with Crippen molar-refractivity contribution in [2.24, 2.45) is 9.98 Å². The van der Waals surface area contributed by atoms with Crippen LogP contribution >= 0.6 is 0 Å². The summed E-state index contributed by atoms with van der Waals surface area (Å²) in [5, 5.41) is 0. The number of ketones is 2. The second-order valence-corrected chi connectivity index (χ2v) is 8.41. The van der Waals surface area contributed by atoms with Crippen LogP contribution in [-0.4, -0.2) is 85.7 Å². The molecule has 0 saturated heterocycles. The molecule has 9 heteroatoms. The van der Waals surface area contributed by atoms with E-state index in [0.29, 0.717) is 64.1 Å². The molecule has 0 amide bonds. The number of aliphatic imine (C=N–C) groups is 2. The number of rotatable bonds is 18. The van der Waals surface area contributed by atoms with Crippen molar-refractivity contribution in [2.75, 3.05) is 52.7 Å². The topological polar surface area (TPSA) is 112 Å². The molecule has 0 radical (unpaired) electrons. The maximum Gasteiger partial charge on any atom is 0.178 e. The summed E-state index contributed by atoms with van der Waals surface area (Å²) >= 11 is 0. The van der Waals surface area contributed by atoms with Crippen molar-refractivity contribution in [1.82, 2.24) is 9.97 Å². The highest BCUT2D eigenvalue weighted by atomic mass is 16.5. The Morgan fingerprint density at radius 1 is 0.595 bits per heavy atom. The SMILES string of the molecule is CC(=O)c1cccc(C(C)=NCCCOCCOCCOCCCN=C(C)c2cccc(C(C)=O)n2)n1. The fourth-order valence-electron chi connectivity index (χ4n) is 3.20. The molecule has 37 heavy (non-hydrogen) atoms. The molecule has 0 spiro atoms. The molecular formula is C28H38N4O5. The number of ether oxygens (including phenoxy) is 3. The summed E-state index contributed by atoms with van der Waals surface area (Å²) in [6.45, 7) is 11.4. The van der Waals surface area contributed by atoms with Gasteiger partial charge in [0.05, 0.1) is 49.2 Å². The Labute approximate surface area is 219 Å². The lowest BCUT2D eigenvalue weighted by atomic mass is 10.2. The van der Waals surface area contributed by atoms with Crippen LogP contribution in [0.5, 0.6) is 0 Å². The van der Waals surface area contributed by atoms with Crippen LogP contribution in [-0.2, 0) is 14.2 Å². The van der Waals surface area contributed by atoms with Crippen molar-refractivity contribution in [3.63, 3.8) is 0 Å². The van der Waals surface area contributed by atoms with E-state index in [-0.39, 0.29) is 11.6 Å². The van der Waals surface area contributed by atoms with Crippen LogP contribution in [0.4, 0.5) is 0 Å². The normalized spacial score (nSPS) is 12.1. The molecule has 0 saturated carbocycles. The summed E-state index contributed by atoms with van der Waals surface area (Å²) in [6, 6.07) is 10.8. The zero-order valence-electron chi connectivity index (χ0n) is 22.4. The smallest absolute Gasteiger partial charge is 0.178 e. The number of hydrogen-bond donors (Lipinski definition) is 0. The molecule has 200 valence electrons. The first-order valence-electron chi connectivity index (χ1n) is 12.6. The number of pyridine rings is 2. The number of nitrogens with zero attached hydrogens (tertiary/aromatic N) is 4. The predicted octanol–water partition coefficient (Wildman–Crippen LogP) is 4.03. The molecule has 0 N–H and O–H groups in total. The Hall–Kier alpha value is -3.14. The van der Waals surface area contributed by atoms with E-state index in [2.05, 4.69) is 20.0 Å². The molecule has 0 aliphatic heterocycles. The zero-order valence-corrected chi connectivity index (χ0v) is 22.4. The standard InChI is InChI=1S/C28H38N4O5/c1-21(25-9-5-11-27(31-25)23(3)33)29-13-7-15-35-17-19-37-20-18-36-16-8-14-30-22(2)26-10-6-12-28(32-26)24(4)34/h5-6,9-12H,7-8,13-20H2,1-4H3. The minimum atomic E-state index is -0.0549. The number of carbonyl (C=O) groups excluding carboxylic acids is 2. The highest BCUT2D eigenvalue weighted by molar-refractivity contribution is 5.99. The number of Topliss-reactive ketones (excluding diaryl/α,β-unsaturated/α-hetero) is 2. The first kappa shape index (κ1) is 30.1. The largest absolute Gasteiger partial charge is 0.379 e. The van der Waals surface area contributed by atoms with E-state index in [4.69, 9.17) is 14.2 Å². The molecule has 2 aromatic rings. The van der Waals surface area contributed by atoms with Crippen molar-refractivity contribution in [3.05, 3.63) is 59.2 Å². The van der Waals surface area contributed by atoms with Gasteiger partial charge in [0.25, 0.3) is 0 Å². The molecule has 0 bridgehead atoms. The molecule has 0 aliphatic rings. The van der Waals surface area contributed by atoms with Crippen molar-refractivity contribution < 1.29 is 23.8 Å². The monoisotopic (exact) mass is 510 g/mol. The van der Waals surface area contributed by atoms with E-state index in [1.807, 2.05) is 38.1 Å². The van der Waals surface area contributed by atoms with E-state index in [1.165, 1.54) is 13.8 Å². The third kappa shape index (κ3) is 12.1. The van der Waals surface area contributed by atoms with Crippen LogP contribution in [0.1, 0.15) is 72.9 Å².